The first-order valence-electron chi connectivity index (χ1n) is 10.2. The predicted octanol–water partition coefficient (Wildman–Crippen LogP) is 5.63. The Kier molecular flexibility index (Phi) is 5.40. The van der Waals surface area contributed by atoms with Crippen molar-refractivity contribution < 1.29 is 5.11 Å². The lowest BCUT2D eigenvalue weighted by molar-refractivity contribution is 0.427. The number of nitrogens with one attached hydrogen (secondary N) is 1. The van der Waals surface area contributed by atoms with Crippen molar-refractivity contribution in [3.8, 4) is 5.75 Å². The molecule has 0 radical (unpaired) electrons. The highest BCUT2D eigenvalue weighted by molar-refractivity contribution is 5.48. The minimum Gasteiger partial charge on any atom is -0.508 e. The molecule has 0 amide bonds. The van der Waals surface area contributed by atoms with Gasteiger partial charge in [-0.1, -0.05) is 71.9 Å². The third-order valence-electron chi connectivity index (χ3n) is 5.81. The summed E-state index contributed by atoms with van der Waals surface area (Å²) in [7, 11) is 0. The Balaban J connectivity index is 1.82. The fourth-order valence-electron chi connectivity index (χ4n) is 4.06. The minimum atomic E-state index is -0.00504. The normalized spacial score (nSPS) is 17.6. The average molecular weight is 366 g/mol. The number of aryl methyl sites for hydroxylation is 1. The van der Waals surface area contributed by atoms with Crippen molar-refractivity contribution in [2.45, 2.75) is 84.2 Å². The van der Waals surface area contributed by atoms with Gasteiger partial charge in [0.05, 0.1) is 0 Å². The molecule has 1 aliphatic rings. The van der Waals surface area contributed by atoms with Gasteiger partial charge in [-0.3, -0.25) is 0 Å². The van der Waals surface area contributed by atoms with E-state index in [4.69, 9.17) is 0 Å². The maximum absolute atomic E-state index is 10.8. The second-order valence-corrected chi connectivity index (χ2v) is 10.1. The number of benzene rings is 2. The average Bonchev–Trinajstić information content (AvgIpc) is 2.58. The Morgan fingerprint density at radius 3 is 2.26 bits per heavy atom. The molecule has 0 saturated heterocycles. The summed E-state index contributed by atoms with van der Waals surface area (Å²) in [6, 6.07) is 13.5. The fourth-order valence-corrected chi connectivity index (χ4v) is 4.06. The number of hydrogen-bond donors (Lipinski definition) is 2. The lowest BCUT2D eigenvalue weighted by Crippen LogP contribution is -2.34. The van der Waals surface area contributed by atoms with Crippen LogP contribution in [0, 0.1) is 0 Å². The van der Waals surface area contributed by atoms with Crippen molar-refractivity contribution in [1.29, 1.82) is 0 Å². The molecule has 0 fully saturated rings. The smallest absolute Gasteiger partial charge is 0.120 e. The van der Waals surface area contributed by atoms with Crippen LogP contribution in [0.1, 0.15) is 75.8 Å². The number of fused-ring (bicyclic) bond motifs is 1. The Labute approximate surface area is 165 Å². The van der Waals surface area contributed by atoms with E-state index in [1.54, 1.807) is 0 Å². The first kappa shape index (κ1) is 19.9. The quantitative estimate of drug-likeness (QED) is 0.738. The molecule has 0 aromatic heterocycles. The standard InChI is InChI=1S/C25H35NO/c1-24(2,3)19-14-22(25(4,5)6)21(23(27)15-19)16-26-20-12-11-17-9-7-8-10-18(17)13-20/h7-10,14-15,20,26-27H,11-13,16H2,1-6H3. The van der Waals surface area contributed by atoms with E-state index in [1.165, 1.54) is 22.3 Å². The molecule has 2 aromatic rings. The van der Waals surface area contributed by atoms with Gasteiger partial charge in [0, 0.05) is 18.2 Å². The van der Waals surface area contributed by atoms with E-state index < -0.39 is 0 Å². The summed E-state index contributed by atoms with van der Waals surface area (Å²) in [5.41, 5.74) is 6.46. The summed E-state index contributed by atoms with van der Waals surface area (Å²) in [4.78, 5) is 0. The first-order chi connectivity index (χ1) is 12.6. The van der Waals surface area contributed by atoms with E-state index in [0.29, 0.717) is 11.8 Å². The largest absolute Gasteiger partial charge is 0.508 e. The van der Waals surface area contributed by atoms with E-state index in [0.717, 1.165) is 31.4 Å². The van der Waals surface area contributed by atoms with Crippen LogP contribution in [0.25, 0.3) is 0 Å². The molecule has 2 nitrogen and oxygen atoms in total. The van der Waals surface area contributed by atoms with E-state index in [-0.39, 0.29) is 10.8 Å². The van der Waals surface area contributed by atoms with E-state index in [2.05, 4.69) is 77.2 Å². The van der Waals surface area contributed by atoms with Crippen LogP contribution in [0.4, 0.5) is 0 Å². The Morgan fingerprint density at radius 1 is 0.963 bits per heavy atom. The summed E-state index contributed by atoms with van der Waals surface area (Å²) >= 11 is 0. The molecule has 0 saturated carbocycles. The van der Waals surface area contributed by atoms with Crippen molar-refractivity contribution in [3.63, 3.8) is 0 Å². The first-order valence-corrected chi connectivity index (χ1v) is 10.2. The van der Waals surface area contributed by atoms with Crippen LogP contribution in [0.15, 0.2) is 36.4 Å². The maximum atomic E-state index is 10.8. The molecule has 2 N–H and O–H groups in total. The van der Waals surface area contributed by atoms with E-state index in [9.17, 15) is 5.11 Å². The van der Waals surface area contributed by atoms with Crippen LogP contribution in [0.2, 0.25) is 0 Å². The molecule has 1 aliphatic carbocycles. The molecular formula is C25H35NO. The highest BCUT2D eigenvalue weighted by atomic mass is 16.3. The second-order valence-electron chi connectivity index (χ2n) is 10.1. The number of aromatic hydroxyl groups is 1. The zero-order valence-corrected chi connectivity index (χ0v) is 17.8. The monoisotopic (exact) mass is 365 g/mol. The molecule has 2 aromatic carbocycles. The molecule has 146 valence electrons. The summed E-state index contributed by atoms with van der Waals surface area (Å²) in [5, 5.41) is 14.6. The fraction of sp³-hybridized carbons (Fsp3) is 0.520. The summed E-state index contributed by atoms with van der Waals surface area (Å²) in [5.74, 6) is 0.427. The van der Waals surface area contributed by atoms with Crippen molar-refractivity contribution in [1.82, 2.24) is 5.32 Å². The molecule has 1 unspecified atom stereocenters. The van der Waals surface area contributed by atoms with Gasteiger partial charge in [0.1, 0.15) is 5.75 Å². The van der Waals surface area contributed by atoms with Gasteiger partial charge in [-0.25, -0.2) is 0 Å². The molecular weight excluding hydrogens is 330 g/mol. The van der Waals surface area contributed by atoms with Crippen LogP contribution in [-0.2, 0) is 30.2 Å². The van der Waals surface area contributed by atoms with Crippen LogP contribution in [0.5, 0.6) is 5.75 Å². The van der Waals surface area contributed by atoms with Crippen molar-refractivity contribution in [2.75, 3.05) is 0 Å². The van der Waals surface area contributed by atoms with Gasteiger partial charge in [-0.2, -0.15) is 0 Å². The summed E-state index contributed by atoms with van der Waals surface area (Å²) in [6.45, 7) is 14.0. The van der Waals surface area contributed by atoms with Crippen LogP contribution in [0.3, 0.4) is 0 Å². The molecule has 2 heteroatoms. The second kappa shape index (κ2) is 7.31. The van der Waals surface area contributed by atoms with Crippen LogP contribution in [-0.4, -0.2) is 11.1 Å². The molecule has 0 spiro atoms. The van der Waals surface area contributed by atoms with Gasteiger partial charge in [-0.15, -0.1) is 0 Å². The Hall–Kier alpha value is -1.80. The zero-order valence-electron chi connectivity index (χ0n) is 17.8. The molecule has 27 heavy (non-hydrogen) atoms. The molecule has 1 atom stereocenters. The Bertz CT molecular complexity index is 808. The highest BCUT2D eigenvalue weighted by Gasteiger charge is 2.26. The minimum absolute atomic E-state index is 0.00504. The lowest BCUT2D eigenvalue weighted by atomic mass is 9.78. The topological polar surface area (TPSA) is 32.3 Å². The Morgan fingerprint density at radius 2 is 1.63 bits per heavy atom. The van der Waals surface area contributed by atoms with Crippen LogP contribution < -0.4 is 5.32 Å². The number of phenolic OH excluding ortho intramolecular Hbond substituents is 1. The number of phenols is 1. The lowest BCUT2D eigenvalue weighted by Gasteiger charge is -2.30. The maximum Gasteiger partial charge on any atom is 0.120 e. The van der Waals surface area contributed by atoms with Gasteiger partial charge in [-0.05, 0) is 58.4 Å². The number of rotatable bonds is 3. The molecule has 3 rings (SSSR count). The highest BCUT2D eigenvalue weighted by Crippen LogP contribution is 2.36. The van der Waals surface area contributed by atoms with Crippen molar-refractivity contribution >= 4 is 0 Å². The van der Waals surface area contributed by atoms with Crippen molar-refractivity contribution in [2.24, 2.45) is 0 Å². The van der Waals surface area contributed by atoms with E-state index in [1.807, 2.05) is 6.07 Å². The van der Waals surface area contributed by atoms with Gasteiger partial charge < -0.3 is 10.4 Å². The summed E-state index contributed by atoms with van der Waals surface area (Å²) in [6.07, 6.45) is 3.36. The third-order valence-corrected chi connectivity index (χ3v) is 5.81. The van der Waals surface area contributed by atoms with Gasteiger partial charge in [0.25, 0.3) is 0 Å². The van der Waals surface area contributed by atoms with Gasteiger partial charge >= 0.3 is 0 Å². The zero-order chi connectivity index (χ0) is 19.8. The van der Waals surface area contributed by atoms with Gasteiger partial charge in [0.2, 0.25) is 0 Å². The summed E-state index contributed by atoms with van der Waals surface area (Å²) < 4.78 is 0. The van der Waals surface area contributed by atoms with E-state index >= 15 is 0 Å². The third kappa shape index (κ3) is 4.55. The molecule has 0 heterocycles. The SMILES string of the molecule is CC(C)(C)c1cc(O)c(CNC2CCc3ccccc3C2)c(C(C)(C)C)c1. The number of hydrogen-bond acceptors (Lipinski definition) is 2. The van der Waals surface area contributed by atoms with Gasteiger partial charge in [0.15, 0.2) is 0 Å². The van der Waals surface area contributed by atoms with Crippen LogP contribution >= 0.6 is 0 Å². The molecule has 0 bridgehead atoms. The predicted molar refractivity (Wildman–Crippen MR) is 115 cm³/mol. The van der Waals surface area contributed by atoms with Crippen molar-refractivity contribution in [3.05, 3.63) is 64.2 Å². The molecule has 0 aliphatic heterocycles.